The van der Waals surface area contributed by atoms with Gasteiger partial charge in [0, 0.05) is 5.56 Å². The first-order chi connectivity index (χ1) is 10.4. The standard InChI is InChI=1S/C18H24O4/c1-12(2)18-10-9-17(3,22-18)16(15(18)19)21-11-13-7-5-6-8-14(13)20-4/h5-8,12,16H,9-11H2,1-4H3/t16-,17+,18+/m1/s1. The number of hydrogen-bond acceptors (Lipinski definition) is 4. The minimum atomic E-state index is -0.653. The van der Waals surface area contributed by atoms with Crippen molar-refractivity contribution in [1.29, 1.82) is 0 Å². The van der Waals surface area contributed by atoms with Crippen LogP contribution < -0.4 is 4.74 Å². The van der Waals surface area contributed by atoms with Crippen LogP contribution in [0.25, 0.3) is 0 Å². The fraction of sp³-hybridized carbons (Fsp3) is 0.611. The Kier molecular flexibility index (Phi) is 3.77. The van der Waals surface area contributed by atoms with E-state index in [1.165, 1.54) is 0 Å². The number of carbonyl (C=O) groups excluding carboxylic acids is 1. The highest BCUT2D eigenvalue weighted by molar-refractivity contribution is 5.96. The van der Waals surface area contributed by atoms with Crippen molar-refractivity contribution in [3.8, 4) is 5.75 Å². The van der Waals surface area contributed by atoms with E-state index in [0.29, 0.717) is 6.61 Å². The lowest BCUT2D eigenvalue weighted by molar-refractivity contribution is -0.139. The molecule has 0 saturated carbocycles. The number of methoxy groups -OCH3 is 1. The van der Waals surface area contributed by atoms with E-state index in [9.17, 15) is 4.79 Å². The molecule has 0 unspecified atom stereocenters. The number of benzene rings is 1. The Labute approximate surface area is 131 Å². The fourth-order valence-electron chi connectivity index (χ4n) is 3.75. The summed E-state index contributed by atoms with van der Waals surface area (Å²) in [4.78, 5) is 12.8. The number of fused-ring (bicyclic) bond motifs is 2. The number of para-hydroxylation sites is 1. The van der Waals surface area contributed by atoms with Gasteiger partial charge in [-0.1, -0.05) is 32.0 Å². The van der Waals surface area contributed by atoms with Gasteiger partial charge in [0.1, 0.15) is 23.1 Å². The molecule has 2 aliphatic heterocycles. The maximum atomic E-state index is 12.8. The molecule has 4 nitrogen and oxygen atoms in total. The molecular formula is C18H24O4. The Hall–Kier alpha value is -1.39. The summed E-state index contributed by atoms with van der Waals surface area (Å²) in [6, 6.07) is 7.72. The van der Waals surface area contributed by atoms with Crippen molar-refractivity contribution in [1.82, 2.24) is 0 Å². The van der Waals surface area contributed by atoms with Crippen LogP contribution in [0, 0.1) is 5.92 Å². The Morgan fingerprint density at radius 3 is 2.68 bits per heavy atom. The van der Waals surface area contributed by atoms with Crippen molar-refractivity contribution < 1.29 is 19.0 Å². The maximum Gasteiger partial charge on any atom is 0.196 e. The maximum absolute atomic E-state index is 12.8. The molecule has 0 spiro atoms. The number of rotatable bonds is 5. The second kappa shape index (κ2) is 5.36. The first-order valence-corrected chi connectivity index (χ1v) is 7.91. The van der Waals surface area contributed by atoms with Crippen LogP contribution in [-0.4, -0.2) is 30.2 Å². The van der Waals surface area contributed by atoms with Gasteiger partial charge in [0.25, 0.3) is 0 Å². The molecule has 0 aromatic heterocycles. The molecule has 2 saturated heterocycles. The van der Waals surface area contributed by atoms with E-state index >= 15 is 0 Å². The van der Waals surface area contributed by atoms with Crippen LogP contribution in [0.15, 0.2) is 24.3 Å². The lowest BCUT2D eigenvalue weighted by Gasteiger charge is -2.30. The molecule has 0 radical (unpaired) electrons. The van der Waals surface area contributed by atoms with E-state index < -0.39 is 17.3 Å². The number of Topliss-reactive ketones (excluding diaryl/α,β-unsaturated/α-hetero) is 1. The zero-order chi connectivity index (χ0) is 16.0. The lowest BCUT2D eigenvalue weighted by atomic mass is 9.74. The molecule has 0 amide bonds. The molecule has 0 N–H and O–H groups in total. The van der Waals surface area contributed by atoms with Gasteiger partial charge in [-0.3, -0.25) is 4.79 Å². The Balaban J connectivity index is 1.78. The van der Waals surface area contributed by atoms with Gasteiger partial charge in [0.2, 0.25) is 0 Å². The second-order valence-electron chi connectivity index (χ2n) is 6.83. The molecule has 1 aromatic rings. The lowest BCUT2D eigenvalue weighted by Crippen LogP contribution is -2.48. The van der Waals surface area contributed by atoms with Crippen molar-refractivity contribution in [2.24, 2.45) is 5.92 Å². The molecule has 3 rings (SSSR count). The smallest absolute Gasteiger partial charge is 0.196 e. The summed E-state index contributed by atoms with van der Waals surface area (Å²) in [5, 5.41) is 0. The number of ketones is 1. The zero-order valence-electron chi connectivity index (χ0n) is 13.7. The highest BCUT2D eigenvalue weighted by Gasteiger charge is 2.67. The van der Waals surface area contributed by atoms with Gasteiger partial charge in [0.15, 0.2) is 5.78 Å². The van der Waals surface area contributed by atoms with Gasteiger partial charge >= 0.3 is 0 Å². The molecular weight excluding hydrogens is 280 g/mol. The summed E-state index contributed by atoms with van der Waals surface area (Å²) in [6.45, 7) is 6.45. The van der Waals surface area contributed by atoms with Crippen molar-refractivity contribution in [3.05, 3.63) is 29.8 Å². The van der Waals surface area contributed by atoms with Gasteiger partial charge in [-0.2, -0.15) is 0 Å². The molecule has 120 valence electrons. The van der Waals surface area contributed by atoms with Gasteiger partial charge in [-0.15, -0.1) is 0 Å². The summed E-state index contributed by atoms with van der Waals surface area (Å²) >= 11 is 0. The molecule has 2 fully saturated rings. The van der Waals surface area contributed by atoms with Crippen LogP contribution in [0.5, 0.6) is 5.75 Å². The normalized spacial score (nSPS) is 33.7. The molecule has 4 heteroatoms. The summed E-state index contributed by atoms with van der Waals surface area (Å²) < 4.78 is 17.5. The van der Waals surface area contributed by atoms with Crippen molar-refractivity contribution in [2.45, 2.75) is 57.5 Å². The van der Waals surface area contributed by atoms with E-state index in [1.807, 2.05) is 45.0 Å². The van der Waals surface area contributed by atoms with Crippen molar-refractivity contribution in [2.75, 3.05) is 7.11 Å². The number of ether oxygens (including phenoxy) is 3. The third kappa shape index (κ3) is 2.17. The van der Waals surface area contributed by atoms with Crippen LogP contribution >= 0.6 is 0 Å². The third-order valence-electron chi connectivity index (χ3n) is 5.15. The van der Waals surface area contributed by atoms with E-state index in [0.717, 1.165) is 24.2 Å². The van der Waals surface area contributed by atoms with Crippen LogP contribution in [-0.2, 0) is 20.9 Å². The number of hydrogen-bond donors (Lipinski definition) is 0. The largest absolute Gasteiger partial charge is 0.496 e. The van der Waals surface area contributed by atoms with Crippen LogP contribution in [0.3, 0.4) is 0 Å². The van der Waals surface area contributed by atoms with Gasteiger partial charge < -0.3 is 14.2 Å². The summed E-state index contributed by atoms with van der Waals surface area (Å²) in [6.07, 6.45) is 1.18. The quantitative estimate of drug-likeness (QED) is 0.838. The van der Waals surface area contributed by atoms with E-state index in [-0.39, 0.29) is 11.7 Å². The zero-order valence-corrected chi connectivity index (χ0v) is 13.7. The average molecular weight is 304 g/mol. The first-order valence-electron chi connectivity index (χ1n) is 7.91. The predicted octanol–water partition coefficient (Wildman–Crippen LogP) is 3.13. The highest BCUT2D eigenvalue weighted by Crippen LogP contribution is 2.53. The Morgan fingerprint density at radius 1 is 1.32 bits per heavy atom. The summed E-state index contributed by atoms with van der Waals surface area (Å²) in [5.41, 5.74) is -0.202. The first kappa shape index (κ1) is 15.5. The molecule has 2 bridgehead atoms. The Bertz CT molecular complexity index is 582. The third-order valence-corrected chi connectivity index (χ3v) is 5.15. The fourth-order valence-corrected chi connectivity index (χ4v) is 3.75. The number of carbonyl (C=O) groups is 1. The van der Waals surface area contributed by atoms with E-state index in [2.05, 4.69) is 0 Å². The molecule has 0 aliphatic carbocycles. The van der Waals surface area contributed by atoms with Crippen LogP contribution in [0.1, 0.15) is 39.2 Å². The SMILES string of the molecule is COc1ccccc1CO[C@@H]1C(=O)[C@@]2(C(C)C)CC[C@]1(C)O2. The Morgan fingerprint density at radius 2 is 2.05 bits per heavy atom. The predicted molar refractivity (Wildman–Crippen MR) is 82.9 cm³/mol. The monoisotopic (exact) mass is 304 g/mol. The summed E-state index contributed by atoms with van der Waals surface area (Å²) in [7, 11) is 1.64. The van der Waals surface area contributed by atoms with Gasteiger partial charge in [-0.05, 0) is 31.7 Å². The molecule has 2 heterocycles. The van der Waals surface area contributed by atoms with Gasteiger partial charge in [0.05, 0.1) is 13.7 Å². The topological polar surface area (TPSA) is 44.8 Å². The van der Waals surface area contributed by atoms with Crippen LogP contribution in [0.4, 0.5) is 0 Å². The molecule has 22 heavy (non-hydrogen) atoms. The minimum Gasteiger partial charge on any atom is -0.496 e. The molecule has 2 aliphatic rings. The van der Waals surface area contributed by atoms with Crippen molar-refractivity contribution >= 4 is 5.78 Å². The summed E-state index contributed by atoms with van der Waals surface area (Å²) in [5.74, 6) is 1.05. The van der Waals surface area contributed by atoms with Crippen molar-refractivity contribution in [3.63, 3.8) is 0 Å². The van der Waals surface area contributed by atoms with Crippen LogP contribution in [0.2, 0.25) is 0 Å². The minimum absolute atomic E-state index is 0.103. The molecule has 1 aromatic carbocycles. The highest BCUT2D eigenvalue weighted by atomic mass is 16.6. The van der Waals surface area contributed by atoms with E-state index in [1.54, 1.807) is 7.11 Å². The van der Waals surface area contributed by atoms with Gasteiger partial charge in [-0.25, -0.2) is 0 Å². The molecule has 3 atom stereocenters. The second-order valence-corrected chi connectivity index (χ2v) is 6.83. The van der Waals surface area contributed by atoms with E-state index in [4.69, 9.17) is 14.2 Å². The average Bonchev–Trinajstić information content (AvgIpc) is 2.97.